The van der Waals surface area contributed by atoms with Crippen molar-refractivity contribution < 1.29 is 14.4 Å². The van der Waals surface area contributed by atoms with Gasteiger partial charge in [-0.2, -0.15) is 0 Å². The van der Waals surface area contributed by atoms with E-state index in [9.17, 15) is 14.4 Å². The summed E-state index contributed by atoms with van der Waals surface area (Å²) in [6.45, 7) is 1.30. The lowest BCUT2D eigenvalue weighted by Crippen LogP contribution is -2.54. The normalized spacial score (nSPS) is 25.5. The van der Waals surface area contributed by atoms with E-state index in [-0.39, 0.29) is 24.8 Å². The first-order valence-electron chi connectivity index (χ1n) is 6.47. The third kappa shape index (κ3) is 2.69. The molecule has 0 aromatic heterocycles. The Morgan fingerprint density at radius 2 is 1.89 bits per heavy atom. The van der Waals surface area contributed by atoms with Gasteiger partial charge in [-0.25, -0.2) is 0 Å². The standard InChI is InChI=1S/C12H19N3O3/c13-9-4-5-10(16)15(12(9)18)8-11(17)14-6-2-1-3-7-14/h9H,1-8,13H2. The lowest BCUT2D eigenvalue weighted by molar-refractivity contribution is -0.154. The Morgan fingerprint density at radius 3 is 2.56 bits per heavy atom. The Kier molecular flexibility index (Phi) is 3.96. The Labute approximate surface area is 106 Å². The third-order valence-corrected chi connectivity index (χ3v) is 3.56. The molecule has 0 aromatic rings. The summed E-state index contributed by atoms with van der Waals surface area (Å²) >= 11 is 0. The summed E-state index contributed by atoms with van der Waals surface area (Å²) in [5, 5.41) is 0. The van der Waals surface area contributed by atoms with Gasteiger partial charge in [-0.05, 0) is 25.7 Å². The third-order valence-electron chi connectivity index (χ3n) is 3.56. The van der Waals surface area contributed by atoms with Crippen molar-refractivity contribution >= 4 is 17.7 Å². The van der Waals surface area contributed by atoms with Gasteiger partial charge in [-0.1, -0.05) is 0 Å². The number of nitrogens with two attached hydrogens (primary N) is 1. The molecule has 0 aliphatic carbocycles. The summed E-state index contributed by atoms with van der Waals surface area (Å²) in [6.07, 6.45) is 3.75. The zero-order valence-corrected chi connectivity index (χ0v) is 10.4. The number of rotatable bonds is 2. The van der Waals surface area contributed by atoms with Gasteiger partial charge in [0, 0.05) is 19.5 Å². The van der Waals surface area contributed by atoms with E-state index in [1.54, 1.807) is 4.90 Å². The predicted octanol–water partition coefficient (Wildman–Crippen LogP) is -0.525. The highest BCUT2D eigenvalue weighted by Gasteiger charge is 2.34. The van der Waals surface area contributed by atoms with E-state index in [0.29, 0.717) is 6.42 Å². The Morgan fingerprint density at radius 1 is 1.22 bits per heavy atom. The van der Waals surface area contributed by atoms with Crippen molar-refractivity contribution in [2.45, 2.75) is 38.1 Å². The first-order chi connectivity index (χ1) is 8.59. The molecular formula is C12H19N3O3. The van der Waals surface area contributed by atoms with Crippen molar-refractivity contribution in [3.05, 3.63) is 0 Å². The van der Waals surface area contributed by atoms with E-state index < -0.39 is 11.9 Å². The molecule has 2 N–H and O–H groups in total. The molecule has 2 aliphatic heterocycles. The van der Waals surface area contributed by atoms with Crippen LogP contribution in [0.3, 0.4) is 0 Å². The topological polar surface area (TPSA) is 83.7 Å². The average molecular weight is 253 g/mol. The molecule has 3 amide bonds. The predicted molar refractivity (Wildman–Crippen MR) is 64.4 cm³/mol. The number of nitrogens with zero attached hydrogens (tertiary/aromatic N) is 2. The number of amides is 3. The first kappa shape index (κ1) is 13.0. The first-order valence-corrected chi connectivity index (χ1v) is 6.47. The maximum Gasteiger partial charge on any atom is 0.246 e. The Bertz CT molecular complexity index is 364. The maximum atomic E-state index is 12.0. The van der Waals surface area contributed by atoms with E-state index in [4.69, 9.17) is 5.73 Å². The molecule has 0 saturated carbocycles. The zero-order valence-electron chi connectivity index (χ0n) is 10.4. The number of piperidine rings is 2. The molecule has 6 nitrogen and oxygen atoms in total. The molecule has 18 heavy (non-hydrogen) atoms. The fourth-order valence-electron chi connectivity index (χ4n) is 2.41. The minimum absolute atomic E-state index is 0.147. The molecule has 2 heterocycles. The van der Waals surface area contributed by atoms with Gasteiger partial charge in [0.2, 0.25) is 17.7 Å². The summed E-state index contributed by atoms with van der Waals surface area (Å²) < 4.78 is 0. The number of hydrogen-bond acceptors (Lipinski definition) is 4. The zero-order chi connectivity index (χ0) is 13.1. The maximum absolute atomic E-state index is 12.0. The fourth-order valence-corrected chi connectivity index (χ4v) is 2.41. The van der Waals surface area contributed by atoms with Gasteiger partial charge in [-0.3, -0.25) is 19.3 Å². The molecule has 0 radical (unpaired) electrons. The molecule has 2 fully saturated rings. The minimum atomic E-state index is -0.642. The summed E-state index contributed by atoms with van der Waals surface area (Å²) in [7, 11) is 0. The molecule has 1 unspecified atom stereocenters. The van der Waals surface area contributed by atoms with E-state index in [1.165, 1.54) is 0 Å². The van der Waals surface area contributed by atoms with Crippen LogP contribution in [0, 0.1) is 0 Å². The van der Waals surface area contributed by atoms with Gasteiger partial charge in [0.1, 0.15) is 6.54 Å². The van der Waals surface area contributed by atoms with Crippen LogP contribution in [-0.4, -0.2) is 53.2 Å². The van der Waals surface area contributed by atoms with Gasteiger partial charge in [0.05, 0.1) is 6.04 Å². The summed E-state index contributed by atoms with van der Waals surface area (Å²) in [5.41, 5.74) is 5.62. The lowest BCUT2D eigenvalue weighted by atomic mass is 10.0. The number of imide groups is 1. The number of hydrogen-bond donors (Lipinski definition) is 1. The van der Waals surface area contributed by atoms with E-state index in [0.717, 1.165) is 37.3 Å². The van der Waals surface area contributed by atoms with Crippen molar-refractivity contribution in [3.8, 4) is 0 Å². The quantitative estimate of drug-likeness (QED) is 0.671. The SMILES string of the molecule is NC1CCC(=O)N(CC(=O)N2CCCCC2)C1=O. The van der Waals surface area contributed by atoms with Crippen LogP contribution in [0.1, 0.15) is 32.1 Å². The molecule has 1 atom stereocenters. The van der Waals surface area contributed by atoms with Crippen molar-refractivity contribution in [2.75, 3.05) is 19.6 Å². The second-order valence-corrected chi connectivity index (χ2v) is 4.90. The summed E-state index contributed by atoms with van der Waals surface area (Å²) in [6, 6.07) is -0.642. The monoisotopic (exact) mass is 253 g/mol. The molecule has 0 spiro atoms. The van der Waals surface area contributed by atoms with Gasteiger partial charge >= 0.3 is 0 Å². The van der Waals surface area contributed by atoms with Gasteiger partial charge < -0.3 is 10.6 Å². The van der Waals surface area contributed by atoms with E-state index in [2.05, 4.69) is 0 Å². The molecule has 0 bridgehead atoms. The van der Waals surface area contributed by atoms with Crippen LogP contribution in [0.15, 0.2) is 0 Å². The molecule has 6 heteroatoms. The van der Waals surface area contributed by atoms with E-state index in [1.807, 2.05) is 0 Å². The van der Waals surface area contributed by atoms with Gasteiger partial charge in [0.15, 0.2) is 0 Å². The minimum Gasteiger partial charge on any atom is -0.341 e. The molecule has 2 aliphatic rings. The number of carbonyl (C=O) groups excluding carboxylic acids is 3. The van der Waals surface area contributed by atoms with Crippen LogP contribution in [0.5, 0.6) is 0 Å². The van der Waals surface area contributed by atoms with Crippen LogP contribution in [0.2, 0.25) is 0 Å². The van der Waals surface area contributed by atoms with Crippen LogP contribution in [-0.2, 0) is 14.4 Å². The Balaban J connectivity index is 1.96. The lowest BCUT2D eigenvalue weighted by Gasteiger charge is -2.32. The summed E-state index contributed by atoms with van der Waals surface area (Å²) in [5.74, 6) is -0.853. The highest BCUT2D eigenvalue weighted by atomic mass is 16.2. The van der Waals surface area contributed by atoms with Crippen LogP contribution in [0.4, 0.5) is 0 Å². The molecule has 0 aromatic carbocycles. The van der Waals surface area contributed by atoms with Gasteiger partial charge in [-0.15, -0.1) is 0 Å². The van der Waals surface area contributed by atoms with Crippen LogP contribution < -0.4 is 5.73 Å². The largest absolute Gasteiger partial charge is 0.341 e. The van der Waals surface area contributed by atoms with Crippen molar-refractivity contribution in [2.24, 2.45) is 5.73 Å². The molecular weight excluding hydrogens is 234 g/mol. The Hall–Kier alpha value is -1.43. The highest BCUT2D eigenvalue weighted by Crippen LogP contribution is 2.14. The summed E-state index contributed by atoms with van der Waals surface area (Å²) in [4.78, 5) is 38.2. The number of likely N-dealkylation sites (tertiary alicyclic amines) is 2. The second-order valence-electron chi connectivity index (χ2n) is 4.90. The fraction of sp³-hybridized carbons (Fsp3) is 0.750. The highest BCUT2D eigenvalue weighted by molar-refractivity contribution is 6.03. The van der Waals surface area contributed by atoms with Crippen molar-refractivity contribution in [1.29, 1.82) is 0 Å². The van der Waals surface area contributed by atoms with Crippen LogP contribution in [0.25, 0.3) is 0 Å². The van der Waals surface area contributed by atoms with Crippen LogP contribution >= 0.6 is 0 Å². The molecule has 100 valence electrons. The number of carbonyl (C=O) groups is 3. The second kappa shape index (κ2) is 5.48. The van der Waals surface area contributed by atoms with Crippen molar-refractivity contribution in [1.82, 2.24) is 9.80 Å². The van der Waals surface area contributed by atoms with Gasteiger partial charge in [0.25, 0.3) is 0 Å². The molecule has 2 saturated heterocycles. The van der Waals surface area contributed by atoms with Crippen molar-refractivity contribution in [3.63, 3.8) is 0 Å². The van der Waals surface area contributed by atoms with E-state index >= 15 is 0 Å². The smallest absolute Gasteiger partial charge is 0.246 e. The average Bonchev–Trinajstić information content (AvgIpc) is 2.40. The molecule has 2 rings (SSSR count).